The predicted octanol–water partition coefficient (Wildman–Crippen LogP) is 1.51. The molecule has 8 heteroatoms. The van der Waals surface area contributed by atoms with Crippen molar-refractivity contribution in [3.05, 3.63) is 41.2 Å². The number of benzene rings is 1. The van der Waals surface area contributed by atoms with Crippen molar-refractivity contribution in [2.45, 2.75) is 0 Å². The van der Waals surface area contributed by atoms with Crippen LogP contribution in [-0.4, -0.2) is 37.8 Å². The Kier molecular flexibility index (Phi) is 4.75. The van der Waals surface area contributed by atoms with Crippen LogP contribution in [0.1, 0.15) is 26.4 Å². The van der Waals surface area contributed by atoms with E-state index in [-0.39, 0.29) is 22.5 Å². The summed E-state index contributed by atoms with van der Waals surface area (Å²) in [5.74, 6) is -0.939. The highest BCUT2D eigenvalue weighted by Gasteiger charge is 2.25. The lowest BCUT2D eigenvalue weighted by atomic mass is 10.1. The highest BCUT2D eigenvalue weighted by Crippen LogP contribution is 2.29. The normalized spacial score (nSPS) is 9.92. The maximum Gasteiger partial charge on any atom is 0.357 e. The third-order valence-corrected chi connectivity index (χ3v) is 3.41. The summed E-state index contributed by atoms with van der Waals surface area (Å²) in [5.41, 5.74) is 6.30. The van der Waals surface area contributed by atoms with Crippen molar-refractivity contribution in [1.82, 2.24) is 4.57 Å². The van der Waals surface area contributed by atoms with E-state index in [0.29, 0.717) is 11.4 Å². The van der Waals surface area contributed by atoms with Crippen LogP contribution in [0.25, 0.3) is 5.69 Å². The van der Waals surface area contributed by atoms with Gasteiger partial charge in [-0.2, -0.15) is 5.26 Å². The molecule has 0 aliphatic rings. The Morgan fingerprint density at radius 3 is 2.38 bits per heavy atom. The molecular formula is C16H15N3O5. The summed E-state index contributed by atoms with van der Waals surface area (Å²) in [6.45, 7) is 0. The molecule has 0 bridgehead atoms. The fourth-order valence-electron chi connectivity index (χ4n) is 2.23. The Morgan fingerprint density at radius 2 is 1.83 bits per heavy atom. The number of nitriles is 1. The summed E-state index contributed by atoms with van der Waals surface area (Å²) < 4.78 is 15.9. The van der Waals surface area contributed by atoms with Gasteiger partial charge in [0, 0.05) is 6.20 Å². The van der Waals surface area contributed by atoms with Gasteiger partial charge < -0.3 is 24.5 Å². The minimum atomic E-state index is -0.736. The number of rotatable bonds is 4. The van der Waals surface area contributed by atoms with Crippen LogP contribution in [0.3, 0.4) is 0 Å². The predicted molar refractivity (Wildman–Crippen MR) is 84.1 cm³/mol. The van der Waals surface area contributed by atoms with Crippen molar-refractivity contribution in [1.29, 1.82) is 5.26 Å². The second-order valence-electron chi connectivity index (χ2n) is 4.65. The first-order valence-corrected chi connectivity index (χ1v) is 6.74. The number of ether oxygens (including phenoxy) is 3. The molecule has 0 fully saturated rings. The molecule has 0 aliphatic heterocycles. The molecule has 1 heterocycles. The molecule has 2 aromatic rings. The smallest absolute Gasteiger partial charge is 0.357 e. The van der Waals surface area contributed by atoms with Crippen molar-refractivity contribution in [2.24, 2.45) is 0 Å². The molecule has 1 aromatic carbocycles. The van der Waals surface area contributed by atoms with Gasteiger partial charge in [0.05, 0.1) is 43.8 Å². The van der Waals surface area contributed by atoms with Crippen LogP contribution in [0.4, 0.5) is 5.69 Å². The first-order chi connectivity index (χ1) is 11.5. The van der Waals surface area contributed by atoms with Gasteiger partial charge in [-0.15, -0.1) is 0 Å². The van der Waals surface area contributed by atoms with Crippen molar-refractivity contribution < 1.29 is 23.8 Å². The van der Waals surface area contributed by atoms with Crippen LogP contribution >= 0.6 is 0 Å². The third kappa shape index (κ3) is 2.75. The number of anilines is 1. The fraction of sp³-hybridized carbons (Fsp3) is 0.188. The number of esters is 2. The first-order valence-electron chi connectivity index (χ1n) is 6.74. The molecule has 0 unspecified atom stereocenters. The summed E-state index contributed by atoms with van der Waals surface area (Å²) in [4.78, 5) is 24.1. The van der Waals surface area contributed by atoms with Gasteiger partial charge in [-0.05, 0) is 18.2 Å². The molecule has 124 valence electrons. The highest BCUT2D eigenvalue weighted by atomic mass is 16.5. The zero-order chi connectivity index (χ0) is 17.9. The van der Waals surface area contributed by atoms with Crippen LogP contribution < -0.4 is 10.5 Å². The molecule has 0 aliphatic carbocycles. The largest absolute Gasteiger partial charge is 0.497 e. The number of methoxy groups -OCH3 is 3. The molecule has 0 radical (unpaired) electrons. The van der Waals surface area contributed by atoms with E-state index in [9.17, 15) is 9.59 Å². The topological polar surface area (TPSA) is 117 Å². The van der Waals surface area contributed by atoms with E-state index in [4.69, 9.17) is 25.2 Å². The van der Waals surface area contributed by atoms with E-state index < -0.39 is 11.9 Å². The molecule has 0 saturated carbocycles. The molecule has 2 rings (SSSR count). The minimum absolute atomic E-state index is 0.0315. The maximum absolute atomic E-state index is 12.1. The lowest BCUT2D eigenvalue weighted by Crippen LogP contribution is -2.14. The fourth-order valence-corrected chi connectivity index (χ4v) is 2.23. The van der Waals surface area contributed by atoms with Gasteiger partial charge in [0.2, 0.25) is 0 Å². The highest BCUT2D eigenvalue weighted by molar-refractivity contribution is 5.98. The van der Waals surface area contributed by atoms with Crippen molar-refractivity contribution in [3.63, 3.8) is 0 Å². The van der Waals surface area contributed by atoms with Crippen LogP contribution in [0, 0.1) is 11.3 Å². The van der Waals surface area contributed by atoms with E-state index in [1.807, 2.05) is 6.07 Å². The molecule has 1 aromatic heterocycles. The molecular weight excluding hydrogens is 314 g/mol. The number of aromatic nitrogens is 1. The summed E-state index contributed by atoms with van der Waals surface area (Å²) in [5, 5.41) is 9.16. The average Bonchev–Trinajstić information content (AvgIpc) is 2.95. The van der Waals surface area contributed by atoms with E-state index in [1.165, 1.54) is 38.2 Å². The second-order valence-corrected chi connectivity index (χ2v) is 4.65. The molecule has 0 spiro atoms. The lowest BCUT2D eigenvalue weighted by Gasteiger charge is -2.13. The molecule has 0 saturated heterocycles. The van der Waals surface area contributed by atoms with E-state index in [0.717, 1.165) is 0 Å². The number of hydrogen-bond acceptors (Lipinski definition) is 7. The lowest BCUT2D eigenvalue weighted by molar-refractivity contribution is 0.0581. The van der Waals surface area contributed by atoms with Gasteiger partial charge in [0.1, 0.15) is 11.8 Å². The summed E-state index contributed by atoms with van der Waals surface area (Å²) >= 11 is 0. The van der Waals surface area contributed by atoms with Crippen LogP contribution in [0.15, 0.2) is 24.4 Å². The zero-order valence-electron chi connectivity index (χ0n) is 13.3. The molecule has 0 amide bonds. The van der Waals surface area contributed by atoms with Gasteiger partial charge in [0.25, 0.3) is 0 Å². The number of carbonyl (C=O) groups excluding carboxylic acids is 2. The zero-order valence-corrected chi connectivity index (χ0v) is 13.3. The summed E-state index contributed by atoms with van der Waals surface area (Å²) in [6.07, 6.45) is 1.36. The van der Waals surface area contributed by atoms with Gasteiger partial charge in [-0.1, -0.05) is 0 Å². The van der Waals surface area contributed by atoms with Gasteiger partial charge in [0.15, 0.2) is 5.69 Å². The van der Waals surface area contributed by atoms with Gasteiger partial charge in [-0.25, -0.2) is 9.59 Å². The molecule has 24 heavy (non-hydrogen) atoms. The van der Waals surface area contributed by atoms with E-state index >= 15 is 0 Å². The second kappa shape index (κ2) is 6.75. The number of nitrogen functional groups attached to an aromatic ring is 1. The summed E-state index contributed by atoms with van der Waals surface area (Å²) in [6, 6.07) is 6.51. The minimum Gasteiger partial charge on any atom is -0.497 e. The van der Waals surface area contributed by atoms with E-state index in [1.54, 1.807) is 12.1 Å². The number of nitrogens with zero attached hydrogens (tertiary/aromatic N) is 2. The Balaban J connectivity index is 2.79. The average molecular weight is 329 g/mol. The first kappa shape index (κ1) is 16.9. The Morgan fingerprint density at radius 1 is 1.17 bits per heavy atom. The van der Waals surface area contributed by atoms with E-state index in [2.05, 4.69) is 0 Å². The van der Waals surface area contributed by atoms with Gasteiger partial charge >= 0.3 is 11.9 Å². The standard InChI is InChI=1S/C16H15N3O5/c1-22-10-4-5-12(11(6-10)15(20)23-2)19-8-9(7-17)13(18)14(19)16(21)24-3/h4-6,8H,18H2,1-3H3. The van der Waals surface area contributed by atoms with Crippen molar-refractivity contribution in [2.75, 3.05) is 27.1 Å². The quantitative estimate of drug-likeness (QED) is 0.845. The summed E-state index contributed by atoms with van der Waals surface area (Å²) in [7, 11) is 3.88. The Hall–Kier alpha value is -3.47. The third-order valence-electron chi connectivity index (χ3n) is 3.41. The molecule has 0 atom stereocenters. The van der Waals surface area contributed by atoms with Gasteiger partial charge in [-0.3, -0.25) is 0 Å². The van der Waals surface area contributed by atoms with Crippen LogP contribution in [-0.2, 0) is 9.47 Å². The van der Waals surface area contributed by atoms with Crippen molar-refractivity contribution in [3.8, 4) is 17.5 Å². The molecule has 8 nitrogen and oxygen atoms in total. The van der Waals surface area contributed by atoms with Crippen LogP contribution in [0.5, 0.6) is 5.75 Å². The monoisotopic (exact) mass is 329 g/mol. The molecule has 2 N–H and O–H groups in total. The number of carbonyl (C=O) groups is 2. The van der Waals surface area contributed by atoms with Crippen LogP contribution in [0.2, 0.25) is 0 Å². The Bertz CT molecular complexity index is 848. The SMILES string of the molecule is COC(=O)c1cc(OC)ccc1-n1cc(C#N)c(N)c1C(=O)OC. The number of hydrogen-bond donors (Lipinski definition) is 1. The Labute approximate surface area is 137 Å². The number of nitrogens with two attached hydrogens (primary N) is 1. The van der Waals surface area contributed by atoms with Crippen molar-refractivity contribution >= 4 is 17.6 Å². The maximum atomic E-state index is 12.1.